The molecule has 0 aliphatic carbocycles. The molecule has 0 saturated heterocycles. The highest BCUT2D eigenvalue weighted by Crippen LogP contribution is 2.22. The largest absolute Gasteiger partial charge is 0.399 e. The molecule has 0 radical (unpaired) electrons. The number of carbonyl (C=O) groups is 1. The van der Waals surface area contributed by atoms with Gasteiger partial charge in [-0.25, -0.2) is 0 Å². The Morgan fingerprint density at radius 2 is 1.79 bits per heavy atom. The zero-order valence-corrected chi connectivity index (χ0v) is 11.2. The van der Waals surface area contributed by atoms with Crippen molar-refractivity contribution in [2.45, 2.75) is 12.8 Å². The Labute approximate surface area is 113 Å². The second kappa shape index (κ2) is 5.57. The molecule has 0 fully saturated rings. The van der Waals surface area contributed by atoms with E-state index in [2.05, 4.69) is 0 Å². The Morgan fingerprint density at radius 1 is 1.11 bits per heavy atom. The number of carbonyl (C=O) groups excluding carboxylic acids is 1. The first-order valence-electron chi connectivity index (χ1n) is 6.27. The molecule has 0 bridgehead atoms. The van der Waals surface area contributed by atoms with Crippen LogP contribution in [0, 0.1) is 0 Å². The number of nitrogens with two attached hydrogens (primary N) is 1. The summed E-state index contributed by atoms with van der Waals surface area (Å²) in [5.41, 5.74) is 8.27. The van der Waals surface area contributed by atoms with Crippen LogP contribution in [-0.4, -0.2) is 13.0 Å². The Hall–Kier alpha value is -2.29. The number of hydrogen-bond donors (Lipinski definition) is 1. The van der Waals surface area contributed by atoms with Crippen LogP contribution < -0.4 is 10.6 Å². The molecule has 3 nitrogen and oxygen atoms in total. The highest BCUT2D eigenvalue weighted by atomic mass is 16.2. The number of nitrogen functional groups attached to an aromatic ring is 1. The Balaban J connectivity index is 2.20. The summed E-state index contributed by atoms with van der Waals surface area (Å²) in [6.07, 6.45) is 0. The maximum absolute atomic E-state index is 12.4. The van der Waals surface area contributed by atoms with Gasteiger partial charge in [0.15, 0.2) is 0 Å². The number of para-hydroxylation sites is 1. The first-order valence-corrected chi connectivity index (χ1v) is 6.27. The smallest absolute Gasteiger partial charge is 0.233 e. The van der Waals surface area contributed by atoms with E-state index in [0.29, 0.717) is 5.69 Å². The van der Waals surface area contributed by atoms with E-state index in [4.69, 9.17) is 5.73 Å². The van der Waals surface area contributed by atoms with Gasteiger partial charge in [-0.3, -0.25) is 4.79 Å². The lowest BCUT2D eigenvalue weighted by Gasteiger charge is -2.22. The molecule has 2 rings (SSSR count). The summed E-state index contributed by atoms with van der Waals surface area (Å²) in [6.45, 7) is 1.90. The van der Waals surface area contributed by atoms with Crippen LogP contribution >= 0.6 is 0 Å². The molecule has 2 aromatic rings. The van der Waals surface area contributed by atoms with E-state index in [1.165, 1.54) is 0 Å². The Kier molecular flexibility index (Phi) is 3.85. The van der Waals surface area contributed by atoms with E-state index in [9.17, 15) is 4.79 Å². The SMILES string of the molecule is CC(C(=O)N(C)c1ccccc1)c1cccc(N)c1. The van der Waals surface area contributed by atoms with Crippen molar-refractivity contribution in [2.75, 3.05) is 17.7 Å². The van der Waals surface area contributed by atoms with Crippen LogP contribution in [0.15, 0.2) is 54.6 Å². The fraction of sp³-hybridized carbons (Fsp3) is 0.188. The van der Waals surface area contributed by atoms with Crippen molar-refractivity contribution in [1.82, 2.24) is 0 Å². The maximum Gasteiger partial charge on any atom is 0.233 e. The van der Waals surface area contributed by atoms with Crippen LogP contribution in [0.2, 0.25) is 0 Å². The third-order valence-electron chi connectivity index (χ3n) is 3.26. The molecule has 0 aliphatic heterocycles. The summed E-state index contributed by atoms with van der Waals surface area (Å²) in [4.78, 5) is 14.1. The minimum absolute atomic E-state index is 0.0526. The van der Waals surface area contributed by atoms with E-state index in [1.807, 2.05) is 61.5 Å². The predicted octanol–water partition coefficient (Wildman–Crippen LogP) is 3.04. The normalized spacial score (nSPS) is 11.9. The van der Waals surface area contributed by atoms with Gasteiger partial charge in [0, 0.05) is 18.4 Å². The number of likely N-dealkylation sites (N-methyl/N-ethyl adjacent to an activating group) is 1. The molecule has 1 amide bonds. The van der Waals surface area contributed by atoms with Gasteiger partial charge >= 0.3 is 0 Å². The van der Waals surface area contributed by atoms with Gasteiger partial charge in [-0.05, 0) is 36.8 Å². The molecule has 19 heavy (non-hydrogen) atoms. The van der Waals surface area contributed by atoms with Crippen molar-refractivity contribution >= 4 is 17.3 Å². The van der Waals surface area contributed by atoms with Crippen molar-refractivity contribution in [3.8, 4) is 0 Å². The molecule has 0 heterocycles. The first kappa shape index (κ1) is 13.1. The van der Waals surface area contributed by atoms with Crippen molar-refractivity contribution in [3.63, 3.8) is 0 Å². The van der Waals surface area contributed by atoms with E-state index in [-0.39, 0.29) is 11.8 Å². The lowest BCUT2D eigenvalue weighted by atomic mass is 9.99. The Morgan fingerprint density at radius 3 is 2.42 bits per heavy atom. The summed E-state index contributed by atoms with van der Waals surface area (Å²) in [6, 6.07) is 17.1. The number of hydrogen-bond acceptors (Lipinski definition) is 2. The lowest BCUT2D eigenvalue weighted by Crippen LogP contribution is -2.30. The summed E-state index contributed by atoms with van der Waals surface area (Å²) in [7, 11) is 1.79. The molecular formula is C16H18N2O. The number of anilines is 2. The lowest BCUT2D eigenvalue weighted by molar-refractivity contribution is -0.119. The summed E-state index contributed by atoms with van der Waals surface area (Å²) in [5.74, 6) is -0.162. The fourth-order valence-corrected chi connectivity index (χ4v) is 2.04. The van der Waals surface area contributed by atoms with Gasteiger partial charge in [-0.15, -0.1) is 0 Å². The van der Waals surface area contributed by atoms with E-state index in [1.54, 1.807) is 11.9 Å². The van der Waals surface area contributed by atoms with Crippen molar-refractivity contribution in [1.29, 1.82) is 0 Å². The molecule has 2 N–H and O–H groups in total. The third kappa shape index (κ3) is 2.94. The summed E-state index contributed by atoms with van der Waals surface area (Å²) < 4.78 is 0. The van der Waals surface area contributed by atoms with Crippen LogP contribution in [0.3, 0.4) is 0 Å². The van der Waals surface area contributed by atoms with Crippen LogP contribution in [-0.2, 0) is 4.79 Å². The predicted molar refractivity (Wildman–Crippen MR) is 79.1 cm³/mol. The number of nitrogens with zero attached hydrogens (tertiary/aromatic N) is 1. The van der Waals surface area contributed by atoms with Gasteiger partial charge in [0.05, 0.1) is 5.92 Å². The van der Waals surface area contributed by atoms with Crippen molar-refractivity contribution < 1.29 is 4.79 Å². The molecule has 0 saturated carbocycles. The van der Waals surface area contributed by atoms with E-state index in [0.717, 1.165) is 11.3 Å². The first-order chi connectivity index (χ1) is 9.09. The molecule has 0 spiro atoms. The van der Waals surface area contributed by atoms with Gasteiger partial charge in [-0.1, -0.05) is 30.3 Å². The van der Waals surface area contributed by atoms with Gasteiger partial charge < -0.3 is 10.6 Å². The van der Waals surface area contributed by atoms with Gasteiger partial charge in [0.2, 0.25) is 5.91 Å². The van der Waals surface area contributed by atoms with Crippen molar-refractivity contribution in [3.05, 3.63) is 60.2 Å². The van der Waals surface area contributed by atoms with E-state index < -0.39 is 0 Å². The highest BCUT2D eigenvalue weighted by molar-refractivity contribution is 5.97. The average molecular weight is 254 g/mol. The van der Waals surface area contributed by atoms with Crippen molar-refractivity contribution in [2.24, 2.45) is 0 Å². The standard InChI is InChI=1S/C16H18N2O/c1-12(13-7-6-8-14(17)11-13)16(19)18(2)15-9-4-3-5-10-15/h3-12H,17H2,1-2H3. The maximum atomic E-state index is 12.4. The minimum Gasteiger partial charge on any atom is -0.399 e. The highest BCUT2D eigenvalue weighted by Gasteiger charge is 2.20. The average Bonchev–Trinajstić information content (AvgIpc) is 2.46. The zero-order valence-electron chi connectivity index (χ0n) is 11.2. The van der Waals surface area contributed by atoms with Crippen LogP contribution in [0.5, 0.6) is 0 Å². The quantitative estimate of drug-likeness (QED) is 0.856. The molecule has 98 valence electrons. The van der Waals surface area contributed by atoms with Crippen LogP contribution in [0.4, 0.5) is 11.4 Å². The van der Waals surface area contributed by atoms with E-state index >= 15 is 0 Å². The van der Waals surface area contributed by atoms with Gasteiger partial charge in [0.1, 0.15) is 0 Å². The number of amides is 1. The number of benzene rings is 2. The molecule has 1 unspecified atom stereocenters. The van der Waals surface area contributed by atoms with Crippen LogP contribution in [0.25, 0.3) is 0 Å². The topological polar surface area (TPSA) is 46.3 Å². The third-order valence-corrected chi connectivity index (χ3v) is 3.26. The molecule has 0 aromatic heterocycles. The second-order valence-electron chi connectivity index (χ2n) is 4.62. The Bertz CT molecular complexity index is 566. The number of rotatable bonds is 3. The monoisotopic (exact) mass is 254 g/mol. The fourth-order valence-electron chi connectivity index (χ4n) is 2.04. The summed E-state index contributed by atoms with van der Waals surface area (Å²) >= 11 is 0. The molecular weight excluding hydrogens is 236 g/mol. The van der Waals surface area contributed by atoms with Gasteiger partial charge in [0.25, 0.3) is 0 Å². The molecule has 0 aliphatic rings. The minimum atomic E-state index is -0.214. The summed E-state index contributed by atoms with van der Waals surface area (Å²) in [5, 5.41) is 0. The molecule has 3 heteroatoms. The second-order valence-corrected chi connectivity index (χ2v) is 4.62. The van der Waals surface area contributed by atoms with Crippen LogP contribution in [0.1, 0.15) is 18.4 Å². The van der Waals surface area contributed by atoms with Gasteiger partial charge in [-0.2, -0.15) is 0 Å². The molecule has 1 atom stereocenters. The molecule has 2 aromatic carbocycles. The zero-order chi connectivity index (χ0) is 13.8.